The number of benzene rings is 1. The highest BCUT2D eigenvalue weighted by molar-refractivity contribution is 6.13. The maximum absolute atomic E-state index is 12.1. The van der Waals surface area contributed by atoms with E-state index in [2.05, 4.69) is 4.98 Å². The molecule has 0 radical (unpaired) electrons. The summed E-state index contributed by atoms with van der Waals surface area (Å²) < 4.78 is 6.47. The molecule has 3 aromatic rings. The number of carboxylic acid groups (broad SMARTS) is 1. The third kappa shape index (κ3) is 2.01. The molecular weight excluding hydrogens is 272 g/mol. The highest BCUT2D eigenvalue weighted by Gasteiger charge is 2.18. The molecule has 0 saturated heterocycles. The fourth-order valence-electron chi connectivity index (χ4n) is 2.37. The molecule has 0 aliphatic carbocycles. The summed E-state index contributed by atoms with van der Waals surface area (Å²) in [5, 5.41) is 10.5. The molecule has 0 aliphatic rings. The Kier molecular flexibility index (Phi) is 3.06. The molecule has 0 atom stereocenters. The average molecular weight is 284 g/mol. The largest absolute Gasteiger partial charge is 0.477 e. The Labute approximate surface area is 119 Å². The van der Waals surface area contributed by atoms with Crippen LogP contribution < -0.4 is 0 Å². The Hall–Kier alpha value is -2.89. The van der Waals surface area contributed by atoms with Crippen LogP contribution in [0, 0.1) is 0 Å². The van der Waals surface area contributed by atoms with Crippen molar-refractivity contribution in [3.63, 3.8) is 0 Å². The van der Waals surface area contributed by atoms with Crippen molar-refractivity contribution in [2.45, 2.75) is 6.92 Å². The first kappa shape index (κ1) is 13.1. The molecule has 6 heteroatoms. The SMILES string of the molecule is CCOC(=O)n1c2ccccc2c2cc(C(=O)O)ncc21. The third-order valence-electron chi connectivity index (χ3n) is 3.23. The molecule has 6 nitrogen and oxygen atoms in total. The second-order valence-electron chi connectivity index (χ2n) is 4.44. The van der Waals surface area contributed by atoms with Gasteiger partial charge in [0.1, 0.15) is 5.69 Å². The molecule has 0 fully saturated rings. The number of aromatic carboxylic acids is 1. The molecular formula is C15H12N2O4. The number of carbonyl (C=O) groups excluding carboxylic acids is 1. The molecule has 2 aromatic heterocycles. The molecule has 3 rings (SSSR count). The van der Waals surface area contributed by atoms with Gasteiger partial charge in [-0.25, -0.2) is 19.1 Å². The van der Waals surface area contributed by atoms with Crippen LogP contribution in [0.4, 0.5) is 4.79 Å². The van der Waals surface area contributed by atoms with E-state index in [9.17, 15) is 9.59 Å². The van der Waals surface area contributed by atoms with E-state index < -0.39 is 12.1 Å². The minimum absolute atomic E-state index is 0.0609. The Morgan fingerprint density at radius 3 is 2.71 bits per heavy atom. The van der Waals surface area contributed by atoms with Gasteiger partial charge in [-0.15, -0.1) is 0 Å². The molecule has 0 saturated carbocycles. The lowest BCUT2D eigenvalue weighted by molar-refractivity contribution is 0.0690. The summed E-state index contributed by atoms with van der Waals surface area (Å²) in [6, 6.07) is 8.72. The van der Waals surface area contributed by atoms with Crippen molar-refractivity contribution in [3.8, 4) is 0 Å². The summed E-state index contributed by atoms with van der Waals surface area (Å²) in [5.41, 5.74) is 1.13. The maximum atomic E-state index is 12.1. The quantitative estimate of drug-likeness (QED) is 0.782. The highest BCUT2D eigenvalue weighted by atomic mass is 16.5. The van der Waals surface area contributed by atoms with Gasteiger partial charge in [-0.3, -0.25) is 0 Å². The van der Waals surface area contributed by atoms with E-state index in [4.69, 9.17) is 9.84 Å². The zero-order valence-corrected chi connectivity index (χ0v) is 11.2. The second kappa shape index (κ2) is 4.90. The number of ether oxygens (including phenoxy) is 1. The number of fused-ring (bicyclic) bond motifs is 3. The van der Waals surface area contributed by atoms with Crippen molar-refractivity contribution in [1.29, 1.82) is 0 Å². The van der Waals surface area contributed by atoms with Crippen LogP contribution in [-0.4, -0.2) is 33.3 Å². The van der Waals surface area contributed by atoms with Gasteiger partial charge in [0.2, 0.25) is 0 Å². The van der Waals surface area contributed by atoms with Crippen molar-refractivity contribution in [3.05, 3.63) is 42.2 Å². The first-order chi connectivity index (χ1) is 10.1. The van der Waals surface area contributed by atoms with Crippen LogP contribution in [0.3, 0.4) is 0 Å². The van der Waals surface area contributed by atoms with Gasteiger partial charge in [0.15, 0.2) is 0 Å². The number of carbonyl (C=O) groups is 2. The topological polar surface area (TPSA) is 81.4 Å². The summed E-state index contributed by atoms with van der Waals surface area (Å²) in [5.74, 6) is -1.11. The Morgan fingerprint density at radius 1 is 1.24 bits per heavy atom. The molecule has 0 aliphatic heterocycles. The fourth-order valence-corrected chi connectivity index (χ4v) is 2.37. The minimum Gasteiger partial charge on any atom is -0.477 e. The molecule has 21 heavy (non-hydrogen) atoms. The summed E-state index contributed by atoms with van der Waals surface area (Å²) in [4.78, 5) is 27.1. The monoisotopic (exact) mass is 284 g/mol. The van der Waals surface area contributed by atoms with Crippen LogP contribution in [0.2, 0.25) is 0 Å². The number of hydrogen-bond donors (Lipinski definition) is 1. The van der Waals surface area contributed by atoms with Crippen LogP contribution >= 0.6 is 0 Å². The predicted octanol–water partition coefficient (Wildman–Crippen LogP) is 2.89. The summed E-state index contributed by atoms with van der Waals surface area (Å²) in [6.07, 6.45) is 0.879. The zero-order valence-electron chi connectivity index (χ0n) is 11.2. The zero-order chi connectivity index (χ0) is 15.0. The van der Waals surface area contributed by atoms with Gasteiger partial charge in [-0.1, -0.05) is 18.2 Å². The number of aromatic nitrogens is 2. The van der Waals surface area contributed by atoms with Gasteiger partial charge in [0.05, 0.1) is 23.8 Å². The van der Waals surface area contributed by atoms with Crippen LogP contribution in [0.25, 0.3) is 21.8 Å². The number of pyridine rings is 1. The van der Waals surface area contributed by atoms with E-state index in [1.165, 1.54) is 16.8 Å². The normalized spacial score (nSPS) is 10.9. The Morgan fingerprint density at radius 2 is 2.00 bits per heavy atom. The number of para-hydroxylation sites is 1. The van der Waals surface area contributed by atoms with Gasteiger partial charge in [0.25, 0.3) is 0 Å². The Bertz CT molecular complexity index is 867. The van der Waals surface area contributed by atoms with E-state index in [1.807, 2.05) is 18.2 Å². The van der Waals surface area contributed by atoms with Crippen molar-refractivity contribution < 1.29 is 19.4 Å². The van der Waals surface area contributed by atoms with Crippen LogP contribution in [0.1, 0.15) is 17.4 Å². The van der Waals surface area contributed by atoms with Crippen LogP contribution in [0.5, 0.6) is 0 Å². The third-order valence-corrected chi connectivity index (χ3v) is 3.23. The highest BCUT2D eigenvalue weighted by Crippen LogP contribution is 2.29. The predicted molar refractivity (Wildman–Crippen MR) is 76.6 cm³/mol. The van der Waals surface area contributed by atoms with Crippen molar-refractivity contribution in [2.24, 2.45) is 0 Å². The van der Waals surface area contributed by atoms with Crippen molar-refractivity contribution >= 4 is 33.9 Å². The van der Waals surface area contributed by atoms with Gasteiger partial charge in [-0.05, 0) is 19.1 Å². The first-order valence-corrected chi connectivity index (χ1v) is 6.43. The summed E-state index contributed by atoms with van der Waals surface area (Å²) >= 11 is 0. The van der Waals surface area contributed by atoms with E-state index in [0.29, 0.717) is 16.4 Å². The van der Waals surface area contributed by atoms with E-state index in [-0.39, 0.29) is 12.3 Å². The summed E-state index contributed by atoms with van der Waals surface area (Å²) in [6.45, 7) is 1.99. The van der Waals surface area contributed by atoms with E-state index >= 15 is 0 Å². The van der Waals surface area contributed by atoms with E-state index in [1.54, 1.807) is 13.0 Å². The molecule has 1 N–H and O–H groups in total. The van der Waals surface area contributed by atoms with Crippen LogP contribution in [-0.2, 0) is 4.74 Å². The molecule has 0 spiro atoms. The fraction of sp³-hybridized carbons (Fsp3) is 0.133. The lowest BCUT2D eigenvalue weighted by atomic mass is 10.1. The van der Waals surface area contributed by atoms with Gasteiger partial charge < -0.3 is 9.84 Å². The number of rotatable bonds is 2. The van der Waals surface area contributed by atoms with Gasteiger partial charge in [-0.2, -0.15) is 0 Å². The molecule has 1 aromatic carbocycles. The smallest absolute Gasteiger partial charge is 0.419 e. The molecule has 0 amide bonds. The van der Waals surface area contributed by atoms with Crippen molar-refractivity contribution in [2.75, 3.05) is 6.61 Å². The minimum atomic E-state index is -1.11. The number of hydrogen-bond acceptors (Lipinski definition) is 4. The summed E-state index contributed by atoms with van der Waals surface area (Å²) in [7, 11) is 0. The standard InChI is InChI=1S/C15H12N2O4/c1-2-21-15(20)17-12-6-4-3-5-9(12)10-7-11(14(18)19)16-8-13(10)17/h3-8H,2H2,1H3,(H,18,19). The average Bonchev–Trinajstić information content (AvgIpc) is 2.81. The lowest BCUT2D eigenvalue weighted by Crippen LogP contribution is -2.13. The molecule has 2 heterocycles. The Balaban J connectivity index is 2.39. The van der Waals surface area contributed by atoms with Crippen LogP contribution in [0.15, 0.2) is 36.5 Å². The first-order valence-electron chi connectivity index (χ1n) is 6.43. The maximum Gasteiger partial charge on any atom is 0.419 e. The van der Waals surface area contributed by atoms with Crippen molar-refractivity contribution in [1.82, 2.24) is 9.55 Å². The molecule has 0 bridgehead atoms. The second-order valence-corrected chi connectivity index (χ2v) is 4.44. The number of nitrogens with zero attached hydrogens (tertiary/aromatic N) is 2. The number of carboxylic acids is 1. The van der Waals surface area contributed by atoms with Gasteiger partial charge in [0, 0.05) is 10.8 Å². The van der Waals surface area contributed by atoms with Gasteiger partial charge >= 0.3 is 12.1 Å². The molecule has 106 valence electrons. The van der Waals surface area contributed by atoms with E-state index in [0.717, 1.165) is 5.39 Å². The lowest BCUT2D eigenvalue weighted by Gasteiger charge is -2.05. The molecule has 0 unspecified atom stereocenters.